The third-order valence-corrected chi connectivity index (χ3v) is 3.55. The molecule has 0 unspecified atom stereocenters. The van der Waals surface area contributed by atoms with E-state index in [9.17, 15) is 8.78 Å². The Hall–Kier alpha value is -1.84. The van der Waals surface area contributed by atoms with Gasteiger partial charge in [-0.1, -0.05) is 6.92 Å². The molecule has 0 N–H and O–H groups in total. The van der Waals surface area contributed by atoms with E-state index >= 15 is 0 Å². The first kappa shape index (κ1) is 11.3. The zero-order chi connectivity index (χ0) is 12.8. The Kier molecular flexibility index (Phi) is 2.40. The van der Waals surface area contributed by atoms with E-state index in [2.05, 4.69) is 16.9 Å². The van der Waals surface area contributed by atoms with E-state index in [0.29, 0.717) is 5.69 Å². The topological polar surface area (TPSA) is 25.8 Å². The highest BCUT2D eigenvalue weighted by Gasteiger charge is 2.39. The summed E-state index contributed by atoms with van der Waals surface area (Å²) >= 11 is 0. The summed E-state index contributed by atoms with van der Waals surface area (Å²) in [5, 5.41) is 0. The van der Waals surface area contributed by atoms with Crippen molar-refractivity contribution in [2.75, 3.05) is 0 Å². The number of halogens is 2. The van der Waals surface area contributed by atoms with Crippen molar-refractivity contribution in [3.8, 4) is 11.3 Å². The van der Waals surface area contributed by atoms with Crippen LogP contribution < -0.4 is 0 Å². The van der Waals surface area contributed by atoms with Crippen LogP contribution in [0, 0.1) is 11.9 Å². The summed E-state index contributed by atoms with van der Waals surface area (Å²) in [5.41, 5.74) is 2.09. The Bertz CT molecular complexity index is 606. The first-order valence-electron chi connectivity index (χ1n) is 5.87. The van der Waals surface area contributed by atoms with E-state index < -0.39 is 11.9 Å². The lowest BCUT2D eigenvalue weighted by atomic mass is 9.98. The molecule has 0 aromatic carbocycles. The molecule has 1 fully saturated rings. The molecule has 1 aliphatic rings. The van der Waals surface area contributed by atoms with Crippen LogP contribution in [0.15, 0.2) is 30.5 Å². The van der Waals surface area contributed by atoms with Crippen LogP contribution in [-0.4, -0.2) is 9.97 Å². The minimum absolute atomic E-state index is 0.196. The highest BCUT2D eigenvalue weighted by molar-refractivity contribution is 5.59. The fourth-order valence-corrected chi connectivity index (χ4v) is 2.03. The molecule has 0 aliphatic heterocycles. The maximum atomic E-state index is 13.6. The average molecular weight is 246 g/mol. The smallest absolute Gasteiger partial charge is 0.224 e. The lowest BCUT2D eigenvalue weighted by molar-refractivity contribution is 0.515. The number of hydrogen-bond donors (Lipinski definition) is 0. The summed E-state index contributed by atoms with van der Waals surface area (Å²) in [4.78, 5) is 7.32. The van der Waals surface area contributed by atoms with Gasteiger partial charge in [0.1, 0.15) is 0 Å². The monoisotopic (exact) mass is 246 g/mol. The maximum Gasteiger partial charge on any atom is 0.224 e. The Labute approximate surface area is 104 Å². The molecule has 0 saturated heterocycles. The van der Waals surface area contributed by atoms with Crippen LogP contribution >= 0.6 is 0 Å². The molecule has 2 nitrogen and oxygen atoms in total. The Morgan fingerprint density at radius 2 is 1.94 bits per heavy atom. The lowest BCUT2D eigenvalue weighted by Crippen LogP contribution is -2.01. The van der Waals surface area contributed by atoms with Crippen molar-refractivity contribution in [1.29, 1.82) is 0 Å². The summed E-state index contributed by atoms with van der Waals surface area (Å²) in [7, 11) is 0. The fraction of sp³-hybridized carbons (Fsp3) is 0.286. The van der Waals surface area contributed by atoms with Crippen LogP contribution in [0.1, 0.15) is 25.3 Å². The third kappa shape index (κ3) is 1.88. The van der Waals surface area contributed by atoms with Crippen LogP contribution in [0.25, 0.3) is 11.3 Å². The first-order chi connectivity index (χ1) is 8.58. The second kappa shape index (κ2) is 3.83. The zero-order valence-electron chi connectivity index (χ0n) is 9.95. The van der Waals surface area contributed by atoms with Gasteiger partial charge in [-0.2, -0.15) is 13.8 Å². The van der Waals surface area contributed by atoms with Gasteiger partial charge >= 0.3 is 0 Å². The third-order valence-electron chi connectivity index (χ3n) is 3.55. The Balaban J connectivity index is 2.06. The van der Waals surface area contributed by atoms with Crippen LogP contribution in [0.3, 0.4) is 0 Å². The zero-order valence-corrected chi connectivity index (χ0v) is 9.95. The number of nitrogens with zero attached hydrogens (tertiary/aromatic N) is 2. The molecule has 3 rings (SSSR count). The van der Waals surface area contributed by atoms with Gasteiger partial charge in [0.05, 0.1) is 11.3 Å². The highest BCUT2D eigenvalue weighted by Crippen LogP contribution is 2.47. The van der Waals surface area contributed by atoms with Crippen LogP contribution in [-0.2, 0) is 5.41 Å². The predicted octanol–water partition coefficient (Wildman–Crippen LogP) is 3.47. The molecular formula is C14H12F2N2. The van der Waals surface area contributed by atoms with E-state index in [-0.39, 0.29) is 11.0 Å². The predicted molar refractivity (Wildman–Crippen MR) is 64.0 cm³/mol. The molecule has 92 valence electrons. The molecule has 0 amide bonds. The molecular weight excluding hydrogens is 234 g/mol. The van der Waals surface area contributed by atoms with Crippen molar-refractivity contribution < 1.29 is 8.78 Å². The second-order valence-corrected chi connectivity index (χ2v) is 4.96. The van der Waals surface area contributed by atoms with E-state index in [0.717, 1.165) is 24.5 Å². The fourth-order valence-electron chi connectivity index (χ4n) is 2.03. The molecule has 2 aromatic heterocycles. The molecule has 0 atom stereocenters. The van der Waals surface area contributed by atoms with Crippen molar-refractivity contribution in [3.63, 3.8) is 0 Å². The van der Waals surface area contributed by atoms with Gasteiger partial charge in [-0.05, 0) is 48.1 Å². The van der Waals surface area contributed by atoms with Gasteiger partial charge in [-0.3, -0.25) is 4.98 Å². The van der Waals surface area contributed by atoms with Crippen molar-refractivity contribution >= 4 is 0 Å². The number of rotatable bonds is 2. The number of pyridine rings is 2. The summed E-state index contributed by atoms with van der Waals surface area (Å²) in [5.74, 6) is -1.64. The number of aromatic nitrogens is 2. The van der Waals surface area contributed by atoms with Gasteiger partial charge in [0, 0.05) is 6.20 Å². The van der Waals surface area contributed by atoms with E-state index in [1.54, 1.807) is 6.20 Å². The van der Waals surface area contributed by atoms with E-state index in [1.807, 2.05) is 12.1 Å². The van der Waals surface area contributed by atoms with Crippen molar-refractivity contribution in [2.24, 2.45) is 0 Å². The summed E-state index contributed by atoms with van der Waals surface area (Å²) in [6.07, 6.45) is 3.94. The molecule has 1 aliphatic carbocycles. The normalized spacial score (nSPS) is 16.6. The van der Waals surface area contributed by atoms with Gasteiger partial charge < -0.3 is 0 Å². The summed E-state index contributed by atoms with van der Waals surface area (Å²) in [6.45, 7) is 2.17. The SMILES string of the molecule is CC1(c2ccnc(-c3ccc(F)nc3F)c2)CC1. The first-order valence-corrected chi connectivity index (χ1v) is 5.87. The standard InChI is InChI=1S/C14H12F2N2/c1-14(5-6-14)9-4-7-17-11(8-9)10-2-3-12(15)18-13(10)16/h2-4,7-8H,5-6H2,1H3. The molecule has 2 aromatic rings. The van der Waals surface area contributed by atoms with Crippen molar-refractivity contribution in [2.45, 2.75) is 25.2 Å². The molecule has 0 bridgehead atoms. The van der Waals surface area contributed by atoms with Crippen molar-refractivity contribution in [1.82, 2.24) is 9.97 Å². The van der Waals surface area contributed by atoms with Gasteiger partial charge in [-0.25, -0.2) is 0 Å². The van der Waals surface area contributed by atoms with E-state index in [4.69, 9.17) is 0 Å². The van der Waals surface area contributed by atoms with Gasteiger partial charge in [0.2, 0.25) is 11.9 Å². The lowest BCUT2D eigenvalue weighted by Gasteiger charge is -2.10. The van der Waals surface area contributed by atoms with Crippen LogP contribution in [0.2, 0.25) is 0 Å². The van der Waals surface area contributed by atoms with Crippen LogP contribution in [0.4, 0.5) is 8.78 Å². The summed E-state index contributed by atoms with van der Waals surface area (Å²) < 4.78 is 26.4. The average Bonchev–Trinajstić information content (AvgIpc) is 3.09. The quantitative estimate of drug-likeness (QED) is 0.758. The molecule has 2 heterocycles. The molecule has 0 radical (unpaired) electrons. The van der Waals surface area contributed by atoms with Gasteiger partial charge in [0.25, 0.3) is 0 Å². The minimum atomic E-state index is -0.819. The molecule has 4 heteroatoms. The van der Waals surface area contributed by atoms with Gasteiger partial charge in [-0.15, -0.1) is 0 Å². The van der Waals surface area contributed by atoms with Crippen molar-refractivity contribution in [3.05, 3.63) is 47.9 Å². The van der Waals surface area contributed by atoms with E-state index in [1.165, 1.54) is 6.07 Å². The Morgan fingerprint density at radius 3 is 2.61 bits per heavy atom. The minimum Gasteiger partial charge on any atom is -0.256 e. The second-order valence-electron chi connectivity index (χ2n) is 4.96. The largest absolute Gasteiger partial charge is 0.256 e. The molecule has 0 spiro atoms. The summed E-state index contributed by atoms with van der Waals surface area (Å²) in [6, 6.07) is 6.33. The molecule has 18 heavy (non-hydrogen) atoms. The maximum absolute atomic E-state index is 13.6. The van der Waals surface area contributed by atoms with Gasteiger partial charge in [0.15, 0.2) is 0 Å². The van der Waals surface area contributed by atoms with Crippen LogP contribution in [0.5, 0.6) is 0 Å². The Morgan fingerprint density at radius 1 is 1.17 bits per heavy atom. The number of hydrogen-bond acceptors (Lipinski definition) is 2. The highest BCUT2D eigenvalue weighted by atomic mass is 19.1. The molecule has 1 saturated carbocycles.